The van der Waals surface area contributed by atoms with Crippen LogP contribution in [0.15, 0.2) is 40.8 Å². The Balaban J connectivity index is 2.67. The molecule has 6 heteroatoms. The van der Waals surface area contributed by atoms with Crippen LogP contribution in [0.4, 0.5) is 0 Å². The van der Waals surface area contributed by atoms with Crippen molar-refractivity contribution in [3.63, 3.8) is 0 Å². The van der Waals surface area contributed by atoms with Crippen molar-refractivity contribution in [2.24, 2.45) is 4.99 Å². The van der Waals surface area contributed by atoms with E-state index in [1.54, 1.807) is 0 Å². The molecule has 0 saturated carbocycles. The molecule has 0 amide bonds. The monoisotopic (exact) mass is 308 g/mol. The van der Waals surface area contributed by atoms with E-state index < -0.39 is 7.60 Å². The van der Waals surface area contributed by atoms with Crippen LogP contribution in [-0.4, -0.2) is 39.1 Å². The second-order valence-corrected chi connectivity index (χ2v) is 7.28. The number of hydrogen-bond acceptors (Lipinski definition) is 5. The Hall–Kier alpha value is -1.42. The molecule has 1 aliphatic heterocycles. The van der Waals surface area contributed by atoms with Gasteiger partial charge in [0.2, 0.25) is 0 Å². The van der Waals surface area contributed by atoms with Gasteiger partial charge in [-0.1, -0.05) is 31.2 Å². The molecule has 1 aromatic rings. The normalized spacial score (nSPS) is 18.4. The zero-order chi connectivity index (χ0) is 15.6. The fourth-order valence-electron chi connectivity index (χ4n) is 2.37. The zero-order valence-corrected chi connectivity index (χ0v) is 13.9. The second-order valence-electron chi connectivity index (χ2n) is 5.09. The summed E-state index contributed by atoms with van der Waals surface area (Å²) >= 11 is 0. The van der Waals surface area contributed by atoms with Gasteiger partial charge >= 0.3 is 7.60 Å². The van der Waals surface area contributed by atoms with Crippen molar-refractivity contribution in [2.45, 2.75) is 12.8 Å². The first-order chi connectivity index (χ1) is 9.92. The number of nitrogens with zero attached hydrogens (tertiary/aromatic N) is 2. The highest BCUT2D eigenvalue weighted by Crippen LogP contribution is 2.56. The number of aliphatic imine (C=N–C) groups is 1. The van der Waals surface area contributed by atoms with Crippen molar-refractivity contribution in [2.75, 3.05) is 28.3 Å². The minimum Gasteiger partial charge on any atom is -0.362 e. The van der Waals surface area contributed by atoms with E-state index in [9.17, 15) is 4.57 Å². The van der Waals surface area contributed by atoms with E-state index in [1.807, 2.05) is 50.2 Å². The van der Waals surface area contributed by atoms with Gasteiger partial charge in [-0.3, -0.25) is 4.57 Å². The van der Waals surface area contributed by atoms with E-state index >= 15 is 0 Å². The Morgan fingerprint density at radius 1 is 1.19 bits per heavy atom. The standard InChI is InChI=1S/C15H21N2O3P/c1-11-10-14(21(18,19-4)20-5)16-15(17(2)3)13-9-7-6-8-12(11)13/h6-11H,1-5H3. The summed E-state index contributed by atoms with van der Waals surface area (Å²) in [4.78, 5) is 6.47. The van der Waals surface area contributed by atoms with Gasteiger partial charge in [0.25, 0.3) is 0 Å². The van der Waals surface area contributed by atoms with Gasteiger partial charge in [-0.15, -0.1) is 0 Å². The van der Waals surface area contributed by atoms with Gasteiger partial charge in [-0.2, -0.15) is 0 Å². The predicted octanol–water partition coefficient (Wildman–Crippen LogP) is 3.44. The van der Waals surface area contributed by atoms with Crippen molar-refractivity contribution >= 4 is 13.4 Å². The zero-order valence-electron chi connectivity index (χ0n) is 13.0. The van der Waals surface area contributed by atoms with Crippen LogP contribution in [-0.2, 0) is 13.6 Å². The van der Waals surface area contributed by atoms with Crippen LogP contribution in [0.25, 0.3) is 0 Å². The van der Waals surface area contributed by atoms with Gasteiger partial charge in [0.05, 0.1) is 0 Å². The maximum atomic E-state index is 12.7. The predicted molar refractivity (Wildman–Crippen MR) is 84.8 cm³/mol. The molecule has 1 heterocycles. The Kier molecular flexibility index (Phi) is 4.67. The van der Waals surface area contributed by atoms with Gasteiger partial charge in [0.15, 0.2) is 5.44 Å². The molecule has 0 fully saturated rings. The van der Waals surface area contributed by atoms with Crippen LogP contribution >= 0.6 is 7.60 Å². The molecule has 0 saturated heterocycles. The maximum Gasteiger partial charge on any atom is 0.378 e. The minimum absolute atomic E-state index is 0.0658. The maximum absolute atomic E-state index is 12.7. The van der Waals surface area contributed by atoms with Gasteiger partial charge in [0.1, 0.15) is 5.84 Å². The molecule has 0 N–H and O–H groups in total. The third kappa shape index (κ3) is 2.95. The number of hydrogen-bond donors (Lipinski definition) is 0. The Labute approximate surface area is 125 Å². The summed E-state index contributed by atoms with van der Waals surface area (Å²) in [7, 11) is 3.19. The van der Waals surface area contributed by atoms with Crippen LogP contribution < -0.4 is 0 Å². The highest BCUT2D eigenvalue weighted by Gasteiger charge is 2.31. The van der Waals surface area contributed by atoms with E-state index in [-0.39, 0.29) is 5.92 Å². The Morgan fingerprint density at radius 3 is 2.38 bits per heavy atom. The minimum atomic E-state index is -3.38. The molecular weight excluding hydrogens is 287 g/mol. The van der Waals surface area contributed by atoms with Crippen LogP contribution in [0.1, 0.15) is 24.0 Å². The van der Waals surface area contributed by atoms with E-state index in [1.165, 1.54) is 14.2 Å². The smallest absolute Gasteiger partial charge is 0.362 e. The molecule has 21 heavy (non-hydrogen) atoms. The van der Waals surface area contributed by atoms with Crippen LogP contribution in [0.5, 0.6) is 0 Å². The summed E-state index contributed by atoms with van der Waals surface area (Å²) in [6.07, 6.45) is 1.85. The molecule has 0 bridgehead atoms. The first-order valence-electron chi connectivity index (χ1n) is 6.72. The molecule has 5 nitrogen and oxygen atoms in total. The lowest BCUT2D eigenvalue weighted by Gasteiger charge is -2.19. The van der Waals surface area contributed by atoms with Crippen molar-refractivity contribution in [3.05, 3.63) is 46.9 Å². The van der Waals surface area contributed by atoms with Crippen LogP contribution in [0.2, 0.25) is 0 Å². The number of benzene rings is 1. The second kappa shape index (κ2) is 6.14. The number of rotatable bonds is 3. The molecule has 1 unspecified atom stereocenters. The third-order valence-electron chi connectivity index (χ3n) is 3.50. The van der Waals surface area contributed by atoms with Gasteiger partial charge in [-0.25, -0.2) is 4.99 Å². The highest BCUT2D eigenvalue weighted by atomic mass is 31.2. The third-order valence-corrected chi connectivity index (χ3v) is 5.27. The van der Waals surface area contributed by atoms with Crippen molar-refractivity contribution in [3.8, 4) is 0 Å². The first-order valence-corrected chi connectivity index (χ1v) is 8.26. The van der Waals surface area contributed by atoms with Crippen molar-refractivity contribution in [1.82, 2.24) is 4.90 Å². The fourth-order valence-corrected chi connectivity index (χ4v) is 3.52. The van der Waals surface area contributed by atoms with Crippen molar-refractivity contribution in [1.29, 1.82) is 0 Å². The lowest BCUT2D eigenvalue weighted by Crippen LogP contribution is -2.24. The summed E-state index contributed by atoms with van der Waals surface area (Å²) < 4.78 is 22.9. The summed E-state index contributed by atoms with van der Waals surface area (Å²) in [5.74, 6) is 0.812. The van der Waals surface area contributed by atoms with Crippen LogP contribution in [0, 0.1) is 0 Å². The largest absolute Gasteiger partial charge is 0.378 e. The first kappa shape index (κ1) is 16.0. The highest BCUT2D eigenvalue weighted by molar-refractivity contribution is 7.58. The van der Waals surface area contributed by atoms with Crippen LogP contribution in [0.3, 0.4) is 0 Å². The average Bonchev–Trinajstić information content (AvgIpc) is 2.64. The average molecular weight is 308 g/mol. The summed E-state index contributed by atoms with van der Waals surface area (Å²) in [6.45, 7) is 2.04. The molecule has 0 aliphatic carbocycles. The molecular formula is C15H21N2O3P. The lowest BCUT2D eigenvalue weighted by molar-refractivity contribution is 0.282. The SMILES string of the molecule is COP(=O)(OC)C1=CC(C)c2ccccc2C(N(C)C)=N1. The summed E-state index contributed by atoms with van der Waals surface area (Å²) in [6, 6.07) is 8.05. The summed E-state index contributed by atoms with van der Waals surface area (Å²) in [5.41, 5.74) is 2.51. The Morgan fingerprint density at radius 2 is 1.81 bits per heavy atom. The van der Waals surface area contributed by atoms with E-state index in [0.717, 1.165) is 17.0 Å². The molecule has 0 spiro atoms. The Bertz CT molecular complexity index is 630. The number of allylic oxidation sites excluding steroid dienone is 1. The number of amidine groups is 1. The quantitative estimate of drug-likeness (QED) is 0.803. The van der Waals surface area contributed by atoms with E-state index in [2.05, 4.69) is 11.1 Å². The summed E-state index contributed by atoms with van der Waals surface area (Å²) in [5, 5.41) is 0. The van der Waals surface area contributed by atoms with E-state index in [0.29, 0.717) is 5.44 Å². The molecule has 0 radical (unpaired) electrons. The molecule has 0 aromatic heterocycles. The molecule has 1 aliphatic rings. The molecule has 1 atom stereocenters. The van der Waals surface area contributed by atoms with Gasteiger partial charge in [-0.05, 0) is 11.6 Å². The van der Waals surface area contributed by atoms with Crippen molar-refractivity contribution < 1.29 is 13.6 Å². The van der Waals surface area contributed by atoms with Gasteiger partial charge < -0.3 is 13.9 Å². The fraction of sp³-hybridized carbons (Fsp3) is 0.400. The molecule has 1 aromatic carbocycles. The molecule has 2 rings (SSSR count). The lowest BCUT2D eigenvalue weighted by atomic mass is 9.95. The number of fused-ring (bicyclic) bond motifs is 1. The van der Waals surface area contributed by atoms with E-state index in [4.69, 9.17) is 9.05 Å². The van der Waals surface area contributed by atoms with Gasteiger partial charge in [0, 0.05) is 39.8 Å². The molecule has 114 valence electrons. The topological polar surface area (TPSA) is 51.1 Å².